The van der Waals surface area contributed by atoms with Gasteiger partial charge in [-0.2, -0.15) is 0 Å². The maximum Gasteiger partial charge on any atom is 0.143 e. The first kappa shape index (κ1) is 7.92. The van der Waals surface area contributed by atoms with Crippen molar-refractivity contribution in [2.75, 3.05) is 11.9 Å². The Morgan fingerprint density at radius 1 is 1.58 bits per heavy atom. The van der Waals surface area contributed by atoms with Crippen molar-refractivity contribution < 1.29 is 4.74 Å². The Balaban J connectivity index is 2.43. The van der Waals surface area contributed by atoms with Crippen LogP contribution in [0.1, 0.15) is 6.92 Å². The molecule has 0 radical (unpaired) electrons. The van der Waals surface area contributed by atoms with Crippen LogP contribution in [0.2, 0.25) is 0 Å². The Hall–Kier alpha value is -0.700. The van der Waals surface area contributed by atoms with E-state index < -0.39 is 0 Å². The first-order valence-electron chi connectivity index (χ1n) is 3.95. The molecule has 0 bridgehead atoms. The van der Waals surface area contributed by atoms with Gasteiger partial charge in [-0.15, -0.1) is 0 Å². The second kappa shape index (κ2) is 2.98. The van der Waals surface area contributed by atoms with Gasteiger partial charge < -0.3 is 10.1 Å². The summed E-state index contributed by atoms with van der Waals surface area (Å²) in [5, 5.41) is 3.36. The average Bonchev–Trinajstić information content (AvgIpc) is 2.07. The van der Waals surface area contributed by atoms with E-state index in [0.29, 0.717) is 6.04 Å². The molecule has 0 saturated carbocycles. The van der Waals surface area contributed by atoms with Crippen LogP contribution in [0.5, 0.6) is 5.75 Å². The lowest BCUT2D eigenvalue weighted by Crippen LogP contribution is -2.28. The van der Waals surface area contributed by atoms with E-state index in [1.807, 2.05) is 18.2 Å². The molecule has 2 nitrogen and oxygen atoms in total. The van der Waals surface area contributed by atoms with Gasteiger partial charge in [0.1, 0.15) is 12.4 Å². The molecule has 0 amide bonds. The summed E-state index contributed by atoms with van der Waals surface area (Å²) >= 11 is 3.47. The number of benzene rings is 1. The Labute approximate surface area is 80.1 Å². The summed E-state index contributed by atoms with van der Waals surface area (Å²) in [6.45, 7) is 2.84. The topological polar surface area (TPSA) is 21.3 Å². The molecule has 1 aliphatic heterocycles. The highest BCUT2D eigenvalue weighted by atomic mass is 79.9. The highest BCUT2D eigenvalue weighted by Gasteiger charge is 2.16. The smallest absolute Gasteiger partial charge is 0.143 e. The van der Waals surface area contributed by atoms with Crippen molar-refractivity contribution in [3.8, 4) is 5.75 Å². The van der Waals surface area contributed by atoms with Gasteiger partial charge in [-0.05, 0) is 35.0 Å². The zero-order chi connectivity index (χ0) is 8.55. The van der Waals surface area contributed by atoms with Gasteiger partial charge in [0.25, 0.3) is 0 Å². The van der Waals surface area contributed by atoms with Gasteiger partial charge in [0.2, 0.25) is 0 Å². The largest absolute Gasteiger partial charge is 0.489 e. The van der Waals surface area contributed by atoms with Crippen LogP contribution in [-0.4, -0.2) is 12.6 Å². The van der Waals surface area contributed by atoms with E-state index in [4.69, 9.17) is 4.74 Å². The van der Waals surface area contributed by atoms with Crippen molar-refractivity contribution in [1.82, 2.24) is 0 Å². The maximum atomic E-state index is 5.52. The Morgan fingerprint density at radius 2 is 2.42 bits per heavy atom. The summed E-state index contributed by atoms with van der Waals surface area (Å²) in [5.41, 5.74) is 1.07. The first-order valence-corrected chi connectivity index (χ1v) is 4.74. The molecule has 2 rings (SSSR count). The fourth-order valence-corrected chi connectivity index (χ4v) is 1.73. The van der Waals surface area contributed by atoms with E-state index in [-0.39, 0.29) is 0 Å². The van der Waals surface area contributed by atoms with E-state index in [0.717, 1.165) is 22.5 Å². The third kappa shape index (κ3) is 1.29. The van der Waals surface area contributed by atoms with Crippen LogP contribution >= 0.6 is 15.9 Å². The summed E-state index contributed by atoms with van der Waals surface area (Å²) in [7, 11) is 0. The highest BCUT2D eigenvalue weighted by Crippen LogP contribution is 2.35. The zero-order valence-electron chi connectivity index (χ0n) is 6.80. The second-order valence-corrected chi connectivity index (χ2v) is 3.82. The van der Waals surface area contributed by atoms with Crippen molar-refractivity contribution in [3.05, 3.63) is 22.7 Å². The van der Waals surface area contributed by atoms with Gasteiger partial charge in [-0.3, -0.25) is 0 Å². The number of rotatable bonds is 0. The number of hydrogen-bond donors (Lipinski definition) is 1. The lowest BCUT2D eigenvalue weighted by molar-refractivity contribution is 0.291. The molecule has 0 spiro atoms. The average molecular weight is 228 g/mol. The minimum Gasteiger partial charge on any atom is -0.489 e. The molecule has 0 fully saturated rings. The third-order valence-electron chi connectivity index (χ3n) is 1.85. The molecule has 12 heavy (non-hydrogen) atoms. The number of anilines is 1. The predicted octanol–water partition coefficient (Wildman–Crippen LogP) is 2.64. The van der Waals surface area contributed by atoms with Crippen LogP contribution in [0.15, 0.2) is 22.7 Å². The molecule has 1 unspecified atom stereocenters. The summed E-state index contributed by atoms with van der Waals surface area (Å²) in [6, 6.07) is 6.34. The molecule has 3 heteroatoms. The van der Waals surface area contributed by atoms with Crippen molar-refractivity contribution >= 4 is 21.6 Å². The molecular weight excluding hydrogens is 218 g/mol. The number of ether oxygens (including phenoxy) is 1. The van der Waals surface area contributed by atoms with Crippen molar-refractivity contribution in [3.63, 3.8) is 0 Å². The Kier molecular flexibility index (Phi) is 1.97. The minimum atomic E-state index is 0.385. The number of hydrogen-bond acceptors (Lipinski definition) is 2. The number of para-hydroxylation sites is 1. The van der Waals surface area contributed by atoms with Gasteiger partial charge >= 0.3 is 0 Å². The number of halogens is 1. The van der Waals surface area contributed by atoms with Crippen LogP contribution in [-0.2, 0) is 0 Å². The fraction of sp³-hybridized carbons (Fsp3) is 0.333. The Morgan fingerprint density at radius 3 is 3.25 bits per heavy atom. The van der Waals surface area contributed by atoms with E-state index in [9.17, 15) is 0 Å². The molecule has 1 aliphatic rings. The van der Waals surface area contributed by atoms with Gasteiger partial charge in [0, 0.05) is 4.47 Å². The van der Waals surface area contributed by atoms with Gasteiger partial charge in [0.05, 0.1) is 11.7 Å². The van der Waals surface area contributed by atoms with Crippen LogP contribution in [0.3, 0.4) is 0 Å². The van der Waals surface area contributed by atoms with E-state index >= 15 is 0 Å². The Bertz CT molecular complexity index is 301. The van der Waals surface area contributed by atoms with Crippen molar-refractivity contribution in [1.29, 1.82) is 0 Å². The van der Waals surface area contributed by atoms with E-state index in [1.165, 1.54) is 0 Å². The first-order chi connectivity index (χ1) is 5.77. The van der Waals surface area contributed by atoms with Crippen molar-refractivity contribution in [2.45, 2.75) is 13.0 Å². The summed E-state index contributed by atoms with van der Waals surface area (Å²) < 4.78 is 6.59. The fourth-order valence-electron chi connectivity index (χ4n) is 1.27. The molecule has 1 N–H and O–H groups in total. The minimum absolute atomic E-state index is 0.385. The summed E-state index contributed by atoms with van der Waals surface area (Å²) in [6.07, 6.45) is 0. The van der Waals surface area contributed by atoms with Gasteiger partial charge in [-0.25, -0.2) is 0 Å². The number of nitrogens with one attached hydrogen (secondary N) is 1. The van der Waals surface area contributed by atoms with Crippen LogP contribution in [0.4, 0.5) is 5.69 Å². The summed E-state index contributed by atoms with van der Waals surface area (Å²) in [4.78, 5) is 0. The van der Waals surface area contributed by atoms with Crippen LogP contribution in [0.25, 0.3) is 0 Å². The summed E-state index contributed by atoms with van der Waals surface area (Å²) in [5.74, 6) is 0.933. The van der Waals surface area contributed by atoms with E-state index in [1.54, 1.807) is 0 Å². The number of fused-ring (bicyclic) bond motifs is 1. The monoisotopic (exact) mass is 227 g/mol. The molecule has 1 heterocycles. The molecule has 1 aromatic rings. The SMILES string of the molecule is CC1COc2cccc(Br)c2N1. The lowest BCUT2D eigenvalue weighted by Gasteiger charge is -2.25. The lowest BCUT2D eigenvalue weighted by atomic mass is 10.2. The maximum absolute atomic E-state index is 5.52. The molecule has 0 saturated heterocycles. The molecule has 0 aliphatic carbocycles. The standard InChI is InChI=1S/C9H10BrNO/c1-6-5-12-8-4-2-3-7(10)9(8)11-6/h2-4,6,11H,5H2,1H3. The normalized spacial score (nSPS) is 20.7. The third-order valence-corrected chi connectivity index (χ3v) is 2.52. The van der Waals surface area contributed by atoms with Gasteiger partial charge in [0.15, 0.2) is 0 Å². The molecular formula is C9H10BrNO. The molecule has 64 valence electrons. The second-order valence-electron chi connectivity index (χ2n) is 2.97. The molecule has 1 aromatic carbocycles. The van der Waals surface area contributed by atoms with Crippen LogP contribution in [0, 0.1) is 0 Å². The molecule has 0 aromatic heterocycles. The molecule has 1 atom stereocenters. The van der Waals surface area contributed by atoms with E-state index in [2.05, 4.69) is 28.2 Å². The van der Waals surface area contributed by atoms with Crippen LogP contribution < -0.4 is 10.1 Å². The predicted molar refractivity (Wildman–Crippen MR) is 52.7 cm³/mol. The van der Waals surface area contributed by atoms with Gasteiger partial charge in [-0.1, -0.05) is 6.07 Å². The zero-order valence-corrected chi connectivity index (χ0v) is 8.39. The quantitative estimate of drug-likeness (QED) is 0.736. The van der Waals surface area contributed by atoms with Crippen molar-refractivity contribution in [2.24, 2.45) is 0 Å². The highest BCUT2D eigenvalue weighted by molar-refractivity contribution is 9.10.